The molecule has 35 heavy (non-hydrogen) atoms. The topological polar surface area (TPSA) is 131 Å². The lowest BCUT2D eigenvalue weighted by molar-refractivity contribution is -0.123. The molecule has 6 N–H and O–H groups in total. The van der Waals surface area contributed by atoms with Crippen molar-refractivity contribution in [3.63, 3.8) is 0 Å². The van der Waals surface area contributed by atoms with Crippen molar-refractivity contribution >= 4 is 34.3 Å². The van der Waals surface area contributed by atoms with Gasteiger partial charge in [-0.25, -0.2) is 9.78 Å². The van der Waals surface area contributed by atoms with Crippen LogP contribution >= 0.6 is 0 Å². The number of nitrogens with one attached hydrogen (secondary N) is 5. The van der Waals surface area contributed by atoms with Crippen molar-refractivity contribution < 1.29 is 14.7 Å². The lowest BCUT2D eigenvalue weighted by atomic mass is 10.1. The molecule has 1 atom stereocenters. The van der Waals surface area contributed by atoms with E-state index in [1.54, 1.807) is 36.7 Å². The van der Waals surface area contributed by atoms with E-state index < -0.39 is 12.1 Å². The highest BCUT2D eigenvalue weighted by Crippen LogP contribution is 2.19. The number of phenols is 1. The number of carbonyl (C=O) groups is 2. The Kier molecular flexibility index (Phi) is 7.80. The average molecular weight is 473 g/mol. The normalized spacial score (nSPS) is 11.5. The highest BCUT2D eigenvalue weighted by molar-refractivity contribution is 5.96. The first-order chi connectivity index (χ1) is 17.1. The number of urea groups is 1. The fourth-order valence-corrected chi connectivity index (χ4v) is 3.66. The number of aromatic hydroxyl groups is 1. The van der Waals surface area contributed by atoms with Gasteiger partial charge in [-0.1, -0.05) is 42.5 Å². The van der Waals surface area contributed by atoms with Crippen LogP contribution in [0.15, 0.2) is 79.1 Å². The maximum absolute atomic E-state index is 12.9. The molecule has 4 aromatic rings. The van der Waals surface area contributed by atoms with Gasteiger partial charge in [0.25, 0.3) is 0 Å². The molecular weight excluding hydrogens is 444 g/mol. The van der Waals surface area contributed by atoms with Crippen molar-refractivity contribution in [1.82, 2.24) is 20.6 Å². The summed E-state index contributed by atoms with van der Waals surface area (Å²) in [6.45, 7) is 0.872. The van der Waals surface area contributed by atoms with Gasteiger partial charge in [0.05, 0.1) is 0 Å². The maximum atomic E-state index is 12.9. The van der Waals surface area contributed by atoms with Crippen molar-refractivity contribution in [2.45, 2.75) is 25.4 Å². The number of rotatable bonds is 10. The molecule has 0 spiro atoms. The first-order valence-electron chi connectivity index (χ1n) is 11.4. The molecule has 1 heterocycles. The van der Waals surface area contributed by atoms with Crippen LogP contribution in [-0.2, 0) is 11.3 Å². The summed E-state index contributed by atoms with van der Waals surface area (Å²) in [4.78, 5) is 32.7. The quantitative estimate of drug-likeness (QED) is 0.195. The Labute approximate surface area is 203 Å². The third kappa shape index (κ3) is 6.97. The Balaban J connectivity index is 1.35. The molecule has 0 fully saturated rings. The SMILES string of the molecule is O=C(Nc1ccc2ccccc2c1)NC(CCCNc1ncc[nH]1)C(=O)NCc1ccc(O)cc1. The van der Waals surface area contributed by atoms with Crippen molar-refractivity contribution in [2.75, 3.05) is 17.2 Å². The van der Waals surface area contributed by atoms with Gasteiger partial charge in [-0.2, -0.15) is 0 Å². The van der Waals surface area contributed by atoms with Crippen LogP contribution in [0, 0.1) is 0 Å². The van der Waals surface area contributed by atoms with Gasteiger partial charge in [-0.3, -0.25) is 4.79 Å². The molecule has 0 aliphatic carbocycles. The Hall–Kier alpha value is -4.53. The van der Waals surface area contributed by atoms with Crippen molar-refractivity contribution in [3.05, 3.63) is 84.7 Å². The maximum Gasteiger partial charge on any atom is 0.319 e. The molecule has 4 rings (SSSR count). The third-order valence-corrected chi connectivity index (χ3v) is 5.49. The number of H-pyrrole nitrogens is 1. The fraction of sp³-hybridized carbons (Fsp3) is 0.192. The Morgan fingerprint density at radius 2 is 1.80 bits per heavy atom. The number of imidazole rings is 1. The second-order valence-electron chi connectivity index (χ2n) is 8.10. The molecule has 0 bridgehead atoms. The van der Waals surface area contributed by atoms with E-state index in [9.17, 15) is 14.7 Å². The van der Waals surface area contributed by atoms with E-state index in [0.29, 0.717) is 31.0 Å². The number of hydrogen-bond donors (Lipinski definition) is 6. The zero-order valence-electron chi connectivity index (χ0n) is 19.1. The second kappa shape index (κ2) is 11.6. The molecule has 3 amide bonds. The van der Waals surface area contributed by atoms with Crippen molar-refractivity contribution in [2.24, 2.45) is 0 Å². The van der Waals surface area contributed by atoms with E-state index in [4.69, 9.17) is 0 Å². The van der Waals surface area contributed by atoms with Crippen LogP contribution in [0.25, 0.3) is 10.8 Å². The highest BCUT2D eigenvalue weighted by atomic mass is 16.3. The van der Waals surface area contributed by atoms with Gasteiger partial charge in [0, 0.05) is 31.2 Å². The number of hydrogen-bond acceptors (Lipinski definition) is 5. The van der Waals surface area contributed by atoms with Gasteiger partial charge < -0.3 is 31.4 Å². The van der Waals surface area contributed by atoms with E-state index >= 15 is 0 Å². The van der Waals surface area contributed by atoms with Crippen LogP contribution in [-0.4, -0.2) is 39.6 Å². The molecule has 9 nitrogen and oxygen atoms in total. The second-order valence-corrected chi connectivity index (χ2v) is 8.10. The average Bonchev–Trinajstić information content (AvgIpc) is 3.39. The summed E-state index contributed by atoms with van der Waals surface area (Å²) >= 11 is 0. The number of amides is 3. The van der Waals surface area contributed by atoms with Gasteiger partial charge in [0.1, 0.15) is 11.8 Å². The van der Waals surface area contributed by atoms with Crippen LogP contribution in [0.2, 0.25) is 0 Å². The molecule has 0 radical (unpaired) electrons. The molecular formula is C26H28N6O3. The fourth-order valence-electron chi connectivity index (χ4n) is 3.66. The predicted molar refractivity (Wildman–Crippen MR) is 136 cm³/mol. The third-order valence-electron chi connectivity index (χ3n) is 5.49. The lowest BCUT2D eigenvalue weighted by Gasteiger charge is -2.19. The summed E-state index contributed by atoms with van der Waals surface area (Å²) in [7, 11) is 0. The van der Waals surface area contributed by atoms with E-state index in [1.165, 1.54) is 0 Å². The molecule has 180 valence electrons. The number of aromatic amines is 1. The lowest BCUT2D eigenvalue weighted by Crippen LogP contribution is -2.48. The summed E-state index contributed by atoms with van der Waals surface area (Å²) in [6.07, 6.45) is 4.44. The monoisotopic (exact) mass is 472 g/mol. The summed E-state index contributed by atoms with van der Waals surface area (Å²) in [5.41, 5.74) is 1.49. The van der Waals surface area contributed by atoms with Crippen LogP contribution in [0.1, 0.15) is 18.4 Å². The number of anilines is 2. The number of aromatic nitrogens is 2. The van der Waals surface area contributed by atoms with E-state index in [1.807, 2.05) is 42.5 Å². The van der Waals surface area contributed by atoms with Crippen LogP contribution in [0.4, 0.5) is 16.4 Å². The predicted octanol–water partition coefficient (Wildman–Crippen LogP) is 3.97. The number of fused-ring (bicyclic) bond motifs is 1. The standard InChI is InChI=1S/C26H28N6O3/c33-22-11-7-18(8-12-22)17-30-24(34)23(6-3-13-27-25-28-14-15-29-25)32-26(35)31-21-10-9-19-4-1-2-5-20(19)16-21/h1-2,4-5,7-12,14-16,23,33H,3,6,13,17H2,(H,30,34)(H2,27,28,29)(H2,31,32,35). The van der Waals surface area contributed by atoms with Crippen LogP contribution < -0.4 is 21.3 Å². The van der Waals surface area contributed by atoms with Crippen LogP contribution in [0.3, 0.4) is 0 Å². The summed E-state index contributed by atoms with van der Waals surface area (Å²) in [5.74, 6) is 0.527. The van der Waals surface area contributed by atoms with Crippen molar-refractivity contribution in [1.29, 1.82) is 0 Å². The molecule has 3 aromatic carbocycles. The van der Waals surface area contributed by atoms with Crippen LogP contribution in [0.5, 0.6) is 5.75 Å². The molecule has 0 aliphatic heterocycles. The number of nitrogens with zero attached hydrogens (tertiary/aromatic N) is 1. The van der Waals surface area contributed by atoms with Gasteiger partial charge in [0.2, 0.25) is 5.91 Å². The minimum absolute atomic E-state index is 0.161. The molecule has 9 heteroatoms. The van der Waals surface area contributed by atoms with Gasteiger partial charge in [0.15, 0.2) is 5.95 Å². The Morgan fingerprint density at radius 1 is 1.00 bits per heavy atom. The largest absolute Gasteiger partial charge is 0.508 e. The van der Waals surface area contributed by atoms with E-state index in [2.05, 4.69) is 31.2 Å². The molecule has 1 aromatic heterocycles. The number of benzene rings is 3. The van der Waals surface area contributed by atoms with E-state index in [-0.39, 0.29) is 18.2 Å². The highest BCUT2D eigenvalue weighted by Gasteiger charge is 2.20. The van der Waals surface area contributed by atoms with Gasteiger partial charge >= 0.3 is 6.03 Å². The first kappa shape index (κ1) is 23.6. The van der Waals surface area contributed by atoms with E-state index in [0.717, 1.165) is 16.3 Å². The van der Waals surface area contributed by atoms with Gasteiger partial charge in [-0.05, 0) is 53.4 Å². The Morgan fingerprint density at radius 3 is 2.57 bits per heavy atom. The summed E-state index contributed by atoms with van der Waals surface area (Å²) in [5, 5.41) is 23.2. The first-order valence-corrected chi connectivity index (χ1v) is 11.4. The zero-order valence-corrected chi connectivity index (χ0v) is 19.1. The minimum Gasteiger partial charge on any atom is -0.508 e. The van der Waals surface area contributed by atoms with Gasteiger partial charge in [-0.15, -0.1) is 0 Å². The Bertz CT molecular complexity index is 1260. The number of phenolic OH excluding ortho intramolecular Hbond substituents is 1. The summed E-state index contributed by atoms with van der Waals surface area (Å²) in [6, 6.07) is 19.0. The molecule has 0 aliphatic rings. The van der Waals surface area contributed by atoms with Crippen molar-refractivity contribution in [3.8, 4) is 5.75 Å². The molecule has 0 saturated heterocycles. The minimum atomic E-state index is -0.731. The summed E-state index contributed by atoms with van der Waals surface area (Å²) < 4.78 is 0. The number of carbonyl (C=O) groups excluding carboxylic acids is 2. The molecule has 0 saturated carbocycles. The molecule has 1 unspecified atom stereocenters. The smallest absolute Gasteiger partial charge is 0.319 e. The zero-order chi connectivity index (χ0) is 24.5.